The van der Waals surface area contributed by atoms with E-state index in [1.165, 1.54) is 17.5 Å². The average Bonchev–Trinajstić information content (AvgIpc) is 2.41. The Hall–Kier alpha value is -1.81. The molecule has 0 bridgehead atoms. The molecular weight excluding hydrogens is 248 g/mol. The van der Waals surface area contributed by atoms with E-state index in [4.69, 9.17) is 17.3 Å². The van der Waals surface area contributed by atoms with Crippen molar-refractivity contribution in [1.82, 2.24) is 9.97 Å². The summed E-state index contributed by atoms with van der Waals surface area (Å²) in [7, 11) is 0. The first-order valence-corrected chi connectivity index (χ1v) is 6.21. The molecule has 2 heterocycles. The van der Waals surface area contributed by atoms with Gasteiger partial charge in [-0.15, -0.1) is 0 Å². The quantitative estimate of drug-likeness (QED) is 0.855. The van der Waals surface area contributed by atoms with Gasteiger partial charge < -0.3 is 10.6 Å². The van der Waals surface area contributed by atoms with Gasteiger partial charge in [-0.05, 0) is 17.5 Å². The Morgan fingerprint density at radius 2 is 1.94 bits per heavy atom. The van der Waals surface area contributed by atoms with E-state index in [0.717, 1.165) is 25.3 Å². The number of nitrogens with two attached hydrogens (primary N) is 1. The summed E-state index contributed by atoms with van der Waals surface area (Å²) < 4.78 is 0. The molecule has 0 saturated carbocycles. The molecule has 0 spiro atoms. The fourth-order valence-corrected chi connectivity index (χ4v) is 2.49. The first-order chi connectivity index (χ1) is 8.75. The number of nitrogen functional groups attached to an aromatic ring is 1. The predicted octanol–water partition coefficient (Wildman–Crippen LogP) is 2.27. The zero-order chi connectivity index (χ0) is 12.5. The van der Waals surface area contributed by atoms with Crippen LogP contribution in [0.25, 0.3) is 0 Å². The van der Waals surface area contributed by atoms with Crippen LogP contribution in [0.4, 0.5) is 11.6 Å². The number of rotatable bonds is 1. The van der Waals surface area contributed by atoms with Gasteiger partial charge in [0.2, 0.25) is 0 Å². The molecule has 4 nitrogen and oxygen atoms in total. The number of benzene rings is 1. The van der Waals surface area contributed by atoms with Gasteiger partial charge in [-0.2, -0.15) is 0 Å². The lowest BCUT2D eigenvalue weighted by Crippen LogP contribution is -2.31. The number of nitrogens with zero attached hydrogens (tertiary/aromatic N) is 3. The van der Waals surface area contributed by atoms with Gasteiger partial charge in [0, 0.05) is 13.1 Å². The third kappa shape index (κ3) is 1.88. The first kappa shape index (κ1) is 11.3. The predicted molar refractivity (Wildman–Crippen MR) is 72.7 cm³/mol. The second kappa shape index (κ2) is 4.46. The van der Waals surface area contributed by atoms with Crippen LogP contribution in [-0.2, 0) is 13.0 Å². The van der Waals surface area contributed by atoms with Gasteiger partial charge in [0.15, 0.2) is 5.82 Å². The molecule has 3 rings (SSSR count). The SMILES string of the molecule is Nc1ncnc(N2CCc3ccccc3C2)c1Cl. The number of hydrogen-bond donors (Lipinski definition) is 1. The first-order valence-electron chi connectivity index (χ1n) is 5.83. The van der Waals surface area contributed by atoms with Gasteiger partial charge in [0.05, 0.1) is 0 Å². The lowest BCUT2D eigenvalue weighted by atomic mass is 10.00. The maximum absolute atomic E-state index is 6.16. The molecule has 0 amide bonds. The number of anilines is 2. The highest BCUT2D eigenvalue weighted by Gasteiger charge is 2.20. The minimum absolute atomic E-state index is 0.334. The zero-order valence-electron chi connectivity index (χ0n) is 9.81. The van der Waals surface area contributed by atoms with Gasteiger partial charge in [-0.1, -0.05) is 35.9 Å². The summed E-state index contributed by atoms with van der Waals surface area (Å²) in [6.45, 7) is 1.71. The maximum Gasteiger partial charge on any atom is 0.153 e. The van der Waals surface area contributed by atoms with Crippen LogP contribution in [0.2, 0.25) is 5.02 Å². The van der Waals surface area contributed by atoms with E-state index in [9.17, 15) is 0 Å². The van der Waals surface area contributed by atoms with E-state index in [1.807, 2.05) is 0 Å². The molecule has 0 radical (unpaired) electrons. The summed E-state index contributed by atoms with van der Waals surface area (Å²) in [6, 6.07) is 8.44. The van der Waals surface area contributed by atoms with Crippen molar-refractivity contribution >= 4 is 23.2 Å². The molecule has 5 heteroatoms. The van der Waals surface area contributed by atoms with Crippen LogP contribution in [0.1, 0.15) is 11.1 Å². The van der Waals surface area contributed by atoms with Crippen molar-refractivity contribution in [2.75, 3.05) is 17.2 Å². The Labute approximate surface area is 110 Å². The van der Waals surface area contributed by atoms with E-state index < -0.39 is 0 Å². The van der Waals surface area contributed by atoms with Crippen molar-refractivity contribution in [2.45, 2.75) is 13.0 Å². The van der Waals surface area contributed by atoms with Crippen LogP contribution < -0.4 is 10.6 Å². The molecule has 2 N–H and O–H groups in total. The molecule has 18 heavy (non-hydrogen) atoms. The van der Waals surface area contributed by atoms with Crippen LogP contribution >= 0.6 is 11.6 Å². The molecule has 1 aliphatic rings. The second-order valence-corrected chi connectivity index (χ2v) is 4.71. The van der Waals surface area contributed by atoms with E-state index in [2.05, 4.69) is 39.1 Å². The highest BCUT2D eigenvalue weighted by Crippen LogP contribution is 2.30. The maximum atomic E-state index is 6.16. The number of aromatic nitrogens is 2. The standard InChI is InChI=1S/C13H13ClN4/c14-11-12(15)16-8-17-13(11)18-6-5-9-3-1-2-4-10(9)7-18/h1-4,8H,5-7H2,(H2,15,16,17). The van der Waals surface area contributed by atoms with E-state index in [1.54, 1.807) is 0 Å². The molecule has 1 aromatic carbocycles. The lowest BCUT2D eigenvalue weighted by Gasteiger charge is -2.30. The largest absolute Gasteiger partial charge is 0.382 e. The number of halogens is 1. The fourth-order valence-electron chi connectivity index (χ4n) is 2.27. The smallest absolute Gasteiger partial charge is 0.153 e. The third-order valence-corrected chi connectivity index (χ3v) is 3.59. The molecule has 0 aliphatic carbocycles. The van der Waals surface area contributed by atoms with Crippen LogP contribution in [0.15, 0.2) is 30.6 Å². The molecular formula is C13H13ClN4. The third-order valence-electron chi connectivity index (χ3n) is 3.23. The monoisotopic (exact) mass is 260 g/mol. The van der Waals surface area contributed by atoms with Crippen molar-refractivity contribution in [3.8, 4) is 0 Å². The number of fused-ring (bicyclic) bond motifs is 1. The van der Waals surface area contributed by atoms with Gasteiger partial charge in [0.1, 0.15) is 17.2 Å². The molecule has 1 aliphatic heterocycles. The normalized spacial score (nSPS) is 14.4. The van der Waals surface area contributed by atoms with Gasteiger partial charge in [-0.25, -0.2) is 9.97 Å². The molecule has 0 saturated heterocycles. The Morgan fingerprint density at radius 3 is 2.78 bits per heavy atom. The fraction of sp³-hybridized carbons (Fsp3) is 0.231. The van der Waals surface area contributed by atoms with E-state index >= 15 is 0 Å². The second-order valence-electron chi connectivity index (χ2n) is 4.34. The summed E-state index contributed by atoms with van der Waals surface area (Å²) in [4.78, 5) is 10.3. The molecule has 0 unspecified atom stereocenters. The Morgan fingerprint density at radius 1 is 1.17 bits per heavy atom. The van der Waals surface area contributed by atoms with E-state index in [0.29, 0.717) is 10.8 Å². The molecule has 92 valence electrons. The Bertz CT molecular complexity index is 585. The summed E-state index contributed by atoms with van der Waals surface area (Å²) in [6.07, 6.45) is 2.45. The van der Waals surface area contributed by atoms with Crippen LogP contribution in [0, 0.1) is 0 Å². The summed E-state index contributed by atoms with van der Waals surface area (Å²) in [5.74, 6) is 1.05. The van der Waals surface area contributed by atoms with Crippen molar-refractivity contribution in [2.24, 2.45) is 0 Å². The minimum Gasteiger partial charge on any atom is -0.382 e. The molecule has 0 atom stereocenters. The van der Waals surface area contributed by atoms with Gasteiger partial charge in [-0.3, -0.25) is 0 Å². The zero-order valence-corrected chi connectivity index (χ0v) is 10.6. The highest BCUT2D eigenvalue weighted by molar-refractivity contribution is 6.35. The van der Waals surface area contributed by atoms with Crippen molar-refractivity contribution in [3.05, 3.63) is 46.7 Å². The molecule has 0 fully saturated rings. The van der Waals surface area contributed by atoms with Crippen molar-refractivity contribution < 1.29 is 0 Å². The van der Waals surface area contributed by atoms with Gasteiger partial charge >= 0.3 is 0 Å². The van der Waals surface area contributed by atoms with Crippen LogP contribution in [-0.4, -0.2) is 16.5 Å². The Kier molecular flexibility index (Phi) is 2.80. The lowest BCUT2D eigenvalue weighted by molar-refractivity contribution is 0.720. The minimum atomic E-state index is 0.334. The topological polar surface area (TPSA) is 55.0 Å². The summed E-state index contributed by atoms with van der Waals surface area (Å²) in [5.41, 5.74) is 8.42. The summed E-state index contributed by atoms with van der Waals surface area (Å²) in [5, 5.41) is 0.442. The van der Waals surface area contributed by atoms with Crippen LogP contribution in [0.3, 0.4) is 0 Å². The number of hydrogen-bond acceptors (Lipinski definition) is 4. The highest BCUT2D eigenvalue weighted by atomic mass is 35.5. The van der Waals surface area contributed by atoms with Crippen molar-refractivity contribution in [1.29, 1.82) is 0 Å². The molecule has 1 aromatic heterocycles. The summed E-state index contributed by atoms with van der Waals surface area (Å²) >= 11 is 6.16. The van der Waals surface area contributed by atoms with Crippen molar-refractivity contribution in [3.63, 3.8) is 0 Å². The van der Waals surface area contributed by atoms with Crippen LogP contribution in [0.5, 0.6) is 0 Å². The van der Waals surface area contributed by atoms with Gasteiger partial charge in [0.25, 0.3) is 0 Å². The Balaban J connectivity index is 1.94. The van der Waals surface area contributed by atoms with E-state index in [-0.39, 0.29) is 0 Å². The molecule has 2 aromatic rings. The average molecular weight is 261 g/mol.